The van der Waals surface area contributed by atoms with Gasteiger partial charge in [0, 0.05) is 17.2 Å². The summed E-state index contributed by atoms with van der Waals surface area (Å²) in [6.07, 6.45) is 4.15. The van der Waals surface area contributed by atoms with E-state index in [4.69, 9.17) is 0 Å². The van der Waals surface area contributed by atoms with Gasteiger partial charge in [-0.05, 0) is 50.3 Å². The predicted octanol–water partition coefficient (Wildman–Crippen LogP) is 3.81. The van der Waals surface area contributed by atoms with Crippen LogP contribution in [0.2, 0.25) is 0 Å². The third-order valence-electron chi connectivity index (χ3n) is 2.30. The van der Waals surface area contributed by atoms with Crippen LogP contribution in [0.25, 0.3) is 0 Å². The molecule has 0 amide bonds. The first-order valence-corrected chi connectivity index (χ1v) is 6.68. The molecule has 0 spiro atoms. The highest BCUT2D eigenvalue weighted by Gasteiger charge is 2.06. The Hall–Kier alpha value is -0.0900. The van der Waals surface area contributed by atoms with Gasteiger partial charge in [0.25, 0.3) is 5.56 Å². The van der Waals surface area contributed by atoms with Crippen molar-refractivity contribution >= 4 is 31.9 Å². The zero-order valence-corrected chi connectivity index (χ0v) is 12.1. The Kier molecular flexibility index (Phi) is 5.06. The van der Waals surface area contributed by atoms with E-state index in [1.54, 1.807) is 10.6 Å². The summed E-state index contributed by atoms with van der Waals surface area (Å²) in [5.74, 6) is 0.536. The zero-order chi connectivity index (χ0) is 11.4. The molecule has 0 radical (unpaired) electrons. The number of rotatable bonds is 4. The fourth-order valence-electron chi connectivity index (χ4n) is 1.62. The minimum atomic E-state index is 0.0427. The Morgan fingerprint density at radius 1 is 1.47 bits per heavy atom. The van der Waals surface area contributed by atoms with Gasteiger partial charge in [-0.3, -0.25) is 4.79 Å². The Balaban J connectivity index is 2.90. The van der Waals surface area contributed by atoms with E-state index in [2.05, 4.69) is 45.7 Å². The summed E-state index contributed by atoms with van der Waals surface area (Å²) in [5.41, 5.74) is 0.0427. The quantitative estimate of drug-likeness (QED) is 0.819. The smallest absolute Gasteiger partial charge is 0.264 e. The van der Waals surface area contributed by atoms with E-state index in [-0.39, 0.29) is 5.56 Å². The van der Waals surface area contributed by atoms with Gasteiger partial charge in [0.2, 0.25) is 0 Å². The van der Waals surface area contributed by atoms with E-state index in [9.17, 15) is 4.79 Å². The van der Waals surface area contributed by atoms with E-state index in [1.165, 1.54) is 0 Å². The first-order chi connectivity index (χ1) is 7.04. The highest BCUT2D eigenvalue weighted by atomic mass is 79.9. The number of aromatic nitrogens is 1. The van der Waals surface area contributed by atoms with Crippen molar-refractivity contribution in [3.8, 4) is 0 Å². The maximum atomic E-state index is 11.8. The van der Waals surface area contributed by atoms with E-state index >= 15 is 0 Å². The molecule has 1 aromatic heterocycles. The van der Waals surface area contributed by atoms with Crippen LogP contribution in [0.15, 0.2) is 26.0 Å². The Labute approximate surface area is 107 Å². The maximum absolute atomic E-state index is 11.8. The number of pyridine rings is 1. The highest BCUT2D eigenvalue weighted by molar-refractivity contribution is 9.11. The van der Waals surface area contributed by atoms with Crippen LogP contribution in [0.4, 0.5) is 0 Å². The van der Waals surface area contributed by atoms with Gasteiger partial charge >= 0.3 is 0 Å². The fourth-order valence-corrected chi connectivity index (χ4v) is 2.88. The molecule has 84 valence electrons. The van der Waals surface area contributed by atoms with E-state index in [1.807, 2.05) is 6.20 Å². The largest absolute Gasteiger partial charge is 0.313 e. The molecule has 4 heteroatoms. The summed E-state index contributed by atoms with van der Waals surface area (Å²) >= 11 is 6.65. The standard InChI is InChI=1S/C11H15Br2NO/c1-3-4-8(2)6-14-7-9(12)5-10(13)11(14)15/h5,7-8H,3-4,6H2,1-2H3. The van der Waals surface area contributed by atoms with E-state index in [0.717, 1.165) is 23.9 Å². The minimum absolute atomic E-state index is 0.0427. The second-order valence-corrected chi connectivity index (χ2v) is 5.63. The van der Waals surface area contributed by atoms with Crippen LogP contribution >= 0.6 is 31.9 Å². The van der Waals surface area contributed by atoms with E-state index in [0.29, 0.717) is 10.4 Å². The summed E-state index contributed by atoms with van der Waals surface area (Å²) < 4.78 is 3.30. The van der Waals surface area contributed by atoms with Crippen LogP contribution in [0.5, 0.6) is 0 Å². The first-order valence-electron chi connectivity index (χ1n) is 5.10. The number of hydrogen-bond donors (Lipinski definition) is 0. The van der Waals surface area contributed by atoms with Crippen LogP contribution in [-0.4, -0.2) is 4.57 Å². The molecule has 0 saturated carbocycles. The summed E-state index contributed by atoms with van der Waals surface area (Å²) in [6, 6.07) is 1.78. The molecule has 0 aliphatic heterocycles. The van der Waals surface area contributed by atoms with Crippen molar-refractivity contribution in [2.45, 2.75) is 33.2 Å². The first kappa shape index (κ1) is 13.0. The molecule has 0 N–H and O–H groups in total. The lowest BCUT2D eigenvalue weighted by Gasteiger charge is -2.13. The van der Waals surface area contributed by atoms with Gasteiger partial charge in [-0.15, -0.1) is 0 Å². The molecule has 0 aromatic carbocycles. The van der Waals surface area contributed by atoms with Gasteiger partial charge in [-0.2, -0.15) is 0 Å². The van der Waals surface area contributed by atoms with Gasteiger partial charge in [-0.25, -0.2) is 0 Å². The molecule has 0 bridgehead atoms. The maximum Gasteiger partial charge on any atom is 0.264 e. The Morgan fingerprint density at radius 2 is 2.13 bits per heavy atom. The molecule has 0 aliphatic carbocycles. The summed E-state index contributed by atoms with van der Waals surface area (Å²) in [5, 5.41) is 0. The van der Waals surface area contributed by atoms with Crippen molar-refractivity contribution in [3.05, 3.63) is 31.6 Å². The molecule has 1 atom stereocenters. The van der Waals surface area contributed by atoms with Crippen LogP contribution < -0.4 is 5.56 Å². The highest BCUT2D eigenvalue weighted by Crippen LogP contribution is 2.14. The van der Waals surface area contributed by atoms with Gasteiger partial charge in [0.1, 0.15) is 0 Å². The molecule has 0 aliphatic rings. The number of halogens is 2. The van der Waals surface area contributed by atoms with Crippen molar-refractivity contribution in [1.29, 1.82) is 0 Å². The molecule has 0 fully saturated rings. The van der Waals surface area contributed by atoms with E-state index < -0.39 is 0 Å². The Bertz CT molecular complexity index is 387. The Morgan fingerprint density at radius 3 is 2.73 bits per heavy atom. The van der Waals surface area contributed by atoms with Gasteiger partial charge in [0.15, 0.2) is 0 Å². The molecule has 0 saturated heterocycles. The topological polar surface area (TPSA) is 22.0 Å². The molecule has 2 nitrogen and oxygen atoms in total. The molecular weight excluding hydrogens is 322 g/mol. The van der Waals surface area contributed by atoms with Crippen molar-refractivity contribution < 1.29 is 0 Å². The summed E-state index contributed by atoms with van der Waals surface area (Å²) in [6.45, 7) is 5.12. The predicted molar refractivity (Wildman–Crippen MR) is 70.2 cm³/mol. The molecule has 1 rings (SSSR count). The van der Waals surface area contributed by atoms with Gasteiger partial charge < -0.3 is 4.57 Å². The fraction of sp³-hybridized carbons (Fsp3) is 0.545. The van der Waals surface area contributed by atoms with Crippen LogP contribution in [0.1, 0.15) is 26.7 Å². The van der Waals surface area contributed by atoms with Crippen LogP contribution in [-0.2, 0) is 6.54 Å². The summed E-state index contributed by atoms with van der Waals surface area (Å²) in [7, 11) is 0. The number of nitrogens with zero attached hydrogens (tertiary/aromatic N) is 1. The van der Waals surface area contributed by atoms with Crippen LogP contribution in [0, 0.1) is 5.92 Å². The lowest BCUT2D eigenvalue weighted by atomic mass is 10.1. The lowest BCUT2D eigenvalue weighted by Crippen LogP contribution is -2.23. The van der Waals surface area contributed by atoms with Crippen LogP contribution in [0.3, 0.4) is 0 Å². The van der Waals surface area contributed by atoms with Crippen molar-refractivity contribution in [3.63, 3.8) is 0 Å². The average Bonchev–Trinajstić information content (AvgIpc) is 2.13. The monoisotopic (exact) mass is 335 g/mol. The van der Waals surface area contributed by atoms with Gasteiger partial charge in [0.05, 0.1) is 4.47 Å². The third-order valence-corrected chi connectivity index (χ3v) is 3.30. The second kappa shape index (κ2) is 5.85. The van der Waals surface area contributed by atoms with Crippen molar-refractivity contribution in [2.75, 3.05) is 0 Å². The minimum Gasteiger partial charge on any atom is -0.313 e. The van der Waals surface area contributed by atoms with Gasteiger partial charge in [-0.1, -0.05) is 20.3 Å². The van der Waals surface area contributed by atoms with Crippen molar-refractivity contribution in [2.24, 2.45) is 5.92 Å². The third kappa shape index (κ3) is 3.76. The molecule has 1 heterocycles. The summed E-state index contributed by atoms with van der Waals surface area (Å²) in [4.78, 5) is 11.8. The van der Waals surface area contributed by atoms with Crippen molar-refractivity contribution in [1.82, 2.24) is 4.57 Å². The average molecular weight is 337 g/mol. The number of hydrogen-bond acceptors (Lipinski definition) is 1. The molecular formula is C11H15Br2NO. The molecule has 1 aromatic rings. The lowest BCUT2D eigenvalue weighted by molar-refractivity contribution is 0.437. The molecule has 1 unspecified atom stereocenters. The SMILES string of the molecule is CCCC(C)Cn1cc(Br)cc(Br)c1=O. The zero-order valence-electron chi connectivity index (χ0n) is 8.96. The molecule has 15 heavy (non-hydrogen) atoms. The normalized spacial score (nSPS) is 12.8. The second-order valence-electron chi connectivity index (χ2n) is 3.86.